The monoisotopic (exact) mass is 458 g/mol. The molecule has 3 aliphatic rings. The number of carbonyl (C=O) groups is 2. The number of hydrogen-bond donors (Lipinski definition) is 2. The van der Waals surface area contributed by atoms with E-state index in [2.05, 4.69) is 21.3 Å². The van der Waals surface area contributed by atoms with Gasteiger partial charge in [-0.15, -0.1) is 12.4 Å². The number of aromatic nitrogens is 1. The lowest BCUT2D eigenvalue weighted by Crippen LogP contribution is -2.37. The second-order valence-corrected chi connectivity index (χ2v) is 8.10. The quantitative estimate of drug-likeness (QED) is 0.650. The SMILES string of the molecule is Cl.O=C1Nc2ccc(CN3CCOC3=O)cc2/C1=C/c1cc(CCN2CCOCC2)c[nH]1. The van der Waals surface area contributed by atoms with E-state index in [4.69, 9.17) is 9.47 Å². The molecule has 0 spiro atoms. The maximum Gasteiger partial charge on any atom is 0.410 e. The number of nitrogens with zero attached hydrogens (tertiary/aromatic N) is 2. The van der Waals surface area contributed by atoms with Crippen LogP contribution in [0, 0.1) is 0 Å². The van der Waals surface area contributed by atoms with Crippen molar-refractivity contribution in [3.05, 3.63) is 52.8 Å². The fourth-order valence-electron chi connectivity index (χ4n) is 4.22. The van der Waals surface area contributed by atoms with Gasteiger partial charge in [0, 0.05) is 49.3 Å². The van der Waals surface area contributed by atoms with Crippen molar-refractivity contribution in [3.8, 4) is 0 Å². The van der Waals surface area contributed by atoms with E-state index in [1.54, 1.807) is 4.90 Å². The fourth-order valence-corrected chi connectivity index (χ4v) is 4.22. The zero-order valence-corrected chi connectivity index (χ0v) is 18.6. The number of nitrogens with one attached hydrogen (secondary N) is 2. The molecule has 2 fully saturated rings. The topological polar surface area (TPSA) is 86.9 Å². The molecule has 0 atom stereocenters. The number of ether oxygens (including phenoxy) is 2. The Morgan fingerprint density at radius 1 is 1.03 bits per heavy atom. The molecule has 5 rings (SSSR count). The summed E-state index contributed by atoms with van der Waals surface area (Å²) in [6.07, 6.45) is 4.57. The van der Waals surface area contributed by atoms with Crippen LogP contribution in [0.3, 0.4) is 0 Å². The largest absolute Gasteiger partial charge is 0.448 e. The van der Waals surface area contributed by atoms with Gasteiger partial charge in [-0.3, -0.25) is 9.69 Å². The third-order valence-corrected chi connectivity index (χ3v) is 5.97. The second kappa shape index (κ2) is 9.77. The molecule has 3 aliphatic heterocycles. The van der Waals surface area contributed by atoms with Crippen molar-refractivity contribution < 1.29 is 19.1 Å². The van der Waals surface area contributed by atoms with Crippen LogP contribution in [-0.2, 0) is 27.2 Å². The summed E-state index contributed by atoms with van der Waals surface area (Å²) >= 11 is 0. The van der Waals surface area contributed by atoms with Gasteiger partial charge in [0.05, 0.1) is 25.3 Å². The molecule has 2 amide bonds. The summed E-state index contributed by atoms with van der Waals surface area (Å²) in [4.78, 5) is 31.7. The average molecular weight is 459 g/mol. The summed E-state index contributed by atoms with van der Waals surface area (Å²) in [7, 11) is 0. The molecule has 32 heavy (non-hydrogen) atoms. The Morgan fingerprint density at radius 2 is 1.88 bits per heavy atom. The van der Waals surface area contributed by atoms with Crippen LogP contribution in [0.4, 0.5) is 10.5 Å². The van der Waals surface area contributed by atoms with Crippen LogP contribution in [0.1, 0.15) is 22.4 Å². The van der Waals surface area contributed by atoms with E-state index in [1.807, 2.05) is 30.5 Å². The lowest BCUT2D eigenvalue weighted by Gasteiger charge is -2.26. The van der Waals surface area contributed by atoms with Gasteiger partial charge in [-0.1, -0.05) is 6.07 Å². The van der Waals surface area contributed by atoms with E-state index in [0.29, 0.717) is 25.3 Å². The molecule has 2 N–H and O–H groups in total. The van der Waals surface area contributed by atoms with E-state index in [1.165, 1.54) is 5.56 Å². The van der Waals surface area contributed by atoms with Crippen LogP contribution in [0.5, 0.6) is 0 Å². The highest BCUT2D eigenvalue weighted by molar-refractivity contribution is 6.34. The van der Waals surface area contributed by atoms with E-state index < -0.39 is 0 Å². The maximum absolute atomic E-state index is 12.6. The molecule has 0 bridgehead atoms. The standard InChI is InChI=1S/C23H26N4O4.ClH/c28-22-20(13-18-11-16(14-24-18)3-4-26-5-8-30-9-6-26)19-12-17(1-2-21(19)25-22)15-27-7-10-31-23(27)29;/h1-2,11-14,24H,3-10,15H2,(H,25,28);1H/b20-13-;. The van der Waals surface area contributed by atoms with Gasteiger partial charge >= 0.3 is 6.09 Å². The minimum absolute atomic E-state index is 0. The van der Waals surface area contributed by atoms with Crippen LogP contribution >= 0.6 is 12.4 Å². The number of H-pyrrole nitrogens is 1. The summed E-state index contributed by atoms with van der Waals surface area (Å²) in [5, 5.41) is 2.93. The highest BCUT2D eigenvalue weighted by Gasteiger charge is 2.26. The summed E-state index contributed by atoms with van der Waals surface area (Å²) < 4.78 is 10.4. The molecule has 2 saturated heterocycles. The molecule has 0 unspecified atom stereocenters. The van der Waals surface area contributed by atoms with Crippen molar-refractivity contribution in [3.63, 3.8) is 0 Å². The molecule has 4 heterocycles. The first-order valence-electron chi connectivity index (χ1n) is 10.7. The summed E-state index contributed by atoms with van der Waals surface area (Å²) in [6, 6.07) is 7.91. The Balaban J connectivity index is 0.00000245. The Labute approximate surface area is 193 Å². The van der Waals surface area contributed by atoms with Crippen molar-refractivity contribution >= 4 is 41.7 Å². The van der Waals surface area contributed by atoms with E-state index in [9.17, 15) is 9.59 Å². The Bertz CT molecular complexity index is 1030. The lowest BCUT2D eigenvalue weighted by atomic mass is 10.0. The molecule has 170 valence electrons. The number of cyclic esters (lactones) is 1. The van der Waals surface area contributed by atoms with Crippen LogP contribution in [0.2, 0.25) is 0 Å². The minimum atomic E-state index is -0.290. The number of fused-ring (bicyclic) bond motifs is 1. The highest BCUT2D eigenvalue weighted by Crippen LogP contribution is 2.34. The fraction of sp³-hybridized carbons (Fsp3) is 0.391. The normalized spacial score (nSPS) is 19.6. The first-order valence-corrected chi connectivity index (χ1v) is 10.7. The third-order valence-electron chi connectivity index (χ3n) is 5.97. The van der Waals surface area contributed by atoms with Crippen LogP contribution in [0.15, 0.2) is 30.5 Å². The second-order valence-electron chi connectivity index (χ2n) is 8.10. The Hall–Kier alpha value is -2.81. The molecule has 0 aliphatic carbocycles. The van der Waals surface area contributed by atoms with E-state index >= 15 is 0 Å². The van der Waals surface area contributed by atoms with Crippen LogP contribution < -0.4 is 5.32 Å². The van der Waals surface area contributed by atoms with E-state index in [0.717, 1.165) is 61.8 Å². The van der Waals surface area contributed by atoms with Crippen LogP contribution in [-0.4, -0.2) is 72.8 Å². The number of anilines is 1. The zero-order chi connectivity index (χ0) is 21.2. The summed E-state index contributed by atoms with van der Waals surface area (Å²) in [5.74, 6) is -0.114. The zero-order valence-electron chi connectivity index (χ0n) is 17.8. The predicted molar refractivity (Wildman–Crippen MR) is 124 cm³/mol. The smallest absolute Gasteiger partial charge is 0.410 e. The van der Waals surface area contributed by atoms with Crippen molar-refractivity contribution in [2.45, 2.75) is 13.0 Å². The predicted octanol–water partition coefficient (Wildman–Crippen LogP) is 2.76. The van der Waals surface area contributed by atoms with Gasteiger partial charge in [0.2, 0.25) is 0 Å². The molecular weight excluding hydrogens is 432 g/mol. The van der Waals surface area contributed by atoms with Crippen molar-refractivity contribution in [1.82, 2.24) is 14.8 Å². The third kappa shape index (κ3) is 4.82. The number of amides is 2. The molecule has 0 radical (unpaired) electrons. The number of morpholine rings is 1. The number of benzene rings is 1. The first kappa shape index (κ1) is 22.4. The number of hydrogen-bond acceptors (Lipinski definition) is 5. The molecule has 8 nitrogen and oxygen atoms in total. The van der Waals surface area contributed by atoms with Gasteiger partial charge in [-0.05, 0) is 41.8 Å². The molecule has 0 saturated carbocycles. The van der Waals surface area contributed by atoms with Gasteiger partial charge in [-0.2, -0.15) is 0 Å². The van der Waals surface area contributed by atoms with Crippen LogP contribution in [0.25, 0.3) is 11.6 Å². The molecule has 1 aromatic carbocycles. The first-order chi connectivity index (χ1) is 15.2. The molecule has 9 heteroatoms. The molecule has 2 aromatic rings. The number of carbonyl (C=O) groups excluding carboxylic acids is 2. The summed E-state index contributed by atoms with van der Waals surface area (Å²) in [5.41, 5.74) is 5.38. The van der Waals surface area contributed by atoms with Crippen molar-refractivity contribution in [2.75, 3.05) is 51.3 Å². The van der Waals surface area contributed by atoms with Gasteiger partial charge in [0.15, 0.2) is 0 Å². The number of rotatable bonds is 6. The Morgan fingerprint density at radius 3 is 2.66 bits per heavy atom. The highest BCUT2D eigenvalue weighted by atomic mass is 35.5. The lowest BCUT2D eigenvalue weighted by molar-refractivity contribution is -0.110. The van der Waals surface area contributed by atoms with Gasteiger partial charge in [0.1, 0.15) is 6.61 Å². The van der Waals surface area contributed by atoms with Gasteiger partial charge in [-0.25, -0.2) is 4.79 Å². The minimum Gasteiger partial charge on any atom is -0.448 e. The average Bonchev–Trinajstić information content (AvgIpc) is 3.48. The molecule has 1 aromatic heterocycles. The van der Waals surface area contributed by atoms with Crippen molar-refractivity contribution in [1.29, 1.82) is 0 Å². The van der Waals surface area contributed by atoms with Gasteiger partial charge in [0.25, 0.3) is 5.91 Å². The maximum atomic E-state index is 12.6. The molecular formula is C23H27ClN4O4. The van der Waals surface area contributed by atoms with Gasteiger partial charge < -0.3 is 24.7 Å². The van der Waals surface area contributed by atoms with Crippen molar-refractivity contribution in [2.24, 2.45) is 0 Å². The van der Waals surface area contributed by atoms with E-state index in [-0.39, 0.29) is 24.4 Å². The number of aromatic amines is 1. The summed E-state index contributed by atoms with van der Waals surface area (Å²) in [6.45, 7) is 6.07. The number of halogens is 1. The Kier molecular flexibility index (Phi) is 6.83.